The van der Waals surface area contributed by atoms with E-state index in [4.69, 9.17) is 5.11 Å². The first-order chi connectivity index (χ1) is 9.15. The highest BCUT2D eigenvalue weighted by molar-refractivity contribution is 5.67. The van der Waals surface area contributed by atoms with E-state index in [1.54, 1.807) is 0 Å². The second-order valence-electron chi connectivity index (χ2n) is 5.02. The van der Waals surface area contributed by atoms with Crippen LogP contribution in [-0.4, -0.2) is 23.7 Å². The number of hydrogen-bond donors (Lipinski definition) is 2. The molecule has 0 aliphatic carbocycles. The molecular weight excluding hydrogens is 238 g/mol. The smallest absolute Gasteiger partial charge is 0.304 e. The van der Waals surface area contributed by atoms with Gasteiger partial charge in [0.05, 0.1) is 6.42 Å². The lowest BCUT2D eigenvalue weighted by Crippen LogP contribution is -2.33. The fourth-order valence-electron chi connectivity index (χ4n) is 2.19. The zero-order valence-corrected chi connectivity index (χ0v) is 12.0. The van der Waals surface area contributed by atoms with Crippen LogP contribution in [0.3, 0.4) is 0 Å². The van der Waals surface area contributed by atoms with Crippen molar-refractivity contribution in [2.75, 3.05) is 6.54 Å². The maximum atomic E-state index is 10.9. The second-order valence-corrected chi connectivity index (χ2v) is 5.02. The third kappa shape index (κ3) is 6.39. The van der Waals surface area contributed by atoms with Gasteiger partial charge in [0.2, 0.25) is 0 Å². The first-order valence-electron chi connectivity index (χ1n) is 7.18. The van der Waals surface area contributed by atoms with E-state index in [0.717, 1.165) is 32.2 Å². The van der Waals surface area contributed by atoms with Crippen LogP contribution in [-0.2, 0) is 17.6 Å². The van der Waals surface area contributed by atoms with Crippen molar-refractivity contribution in [1.82, 2.24) is 5.32 Å². The summed E-state index contributed by atoms with van der Waals surface area (Å²) >= 11 is 0. The van der Waals surface area contributed by atoms with Crippen molar-refractivity contribution >= 4 is 5.97 Å². The highest BCUT2D eigenvalue weighted by atomic mass is 16.4. The molecule has 0 aromatic heterocycles. The minimum atomic E-state index is -0.740. The van der Waals surface area contributed by atoms with Gasteiger partial charge in [-0.2, -0.15) is 0 Å². The largest absolute Gasteiger partial charge is 0.481 e. The number of rotatable bonds is 9. The predicted octanol–water partition coefficient (Wildman–Crippen LogP) is 3.02. The topological polar surface area (TPSA) is 49.3 Å². The average Bonchev–Trinajstić information content (AvgIpc) is 2.38. The summed E-state index contributed by atoms with van der Waals surface area (Å²) in [7, 11) is 0. The molecule has 0 amide bonds. The molecule has 1 rings (SSSR count). The van der Waals surface area contributed by atoms with Gasteiger partial charge in [0.25, 0.3) is 0 Å². The Morgan fingerprint density at radius 1 is 1.16 bits per heavy atom. The Bertz CT molecular complexity index is 373. The van der Waals surface area contributed by atoms with Crippen molar-refractivity contribution in [3.05, 3.63) is 35.4 Å². The van der Waals surface area contributed by atoms with Gasteiger partial charge in [-0.1, -0.05) is 44.5 Å². The summed E-state index contributed by atoms with van der Waals surface area (Å²) in [5.41, 5.74) is 2.55. The number of hydrogen-bond acceptors (Lipinski definition) is 2. The lowest BCUT2D eigenvalue weighted by atomic mass is 10.0. The van der Waals surface area contributed by atoms with Gasteiger partial charge < -0.3 is 10.4 Å². The molecular formula is C16H25NO2. The summed E-state index contributed by atoms with van der Waals surface area (Å²) in [6.45, 7) is 5.13. The van der Waals surface area contributed by atoms with Crippen molar-refractivity contribution in [2.45, 2.75) is 52.0 Å². The third-order valence-corrected chi connectivity index (χ3v) is 3.15. The van der Waals surface area contributed by atoms with E-state index in [0.29, 0.717) is 0 Å². The molecule has 0 radical (unpaired) electrons. The molecule has 1 unspecified atom stereocenters. The van der Waals surface area contributed by atoms with Gasteiger partial charge in [-0.3, -0.25) is 4.79 Å². The van der Waals surface area contributed by atoms with E-state index in [-0.39, 0.29) is 12.5 Å². The van der Waals surface area contributed by atoms with Gasteiger partial charge in [-0.05, 0) is 36.9 Å². The molecule has 3 nitrogen and oxygen atoms in total. The number of aryl methyl sites for hydroxylation is 1. The monoisotopic (exact) mass is 263 g/mol. The van der Waals surface area contributed by atoms with Crippen LogP contribution < -0.4 is 5.32 Å². The van der Waals surface area contributed by atoms with E-state index >= 15 is 0 Å². The SMILES string of the molecule is CCCNC(CC(=O)O)Cc1ccc(CCC)cc1. The third-order valence-electron chi connectivity index (χ3n) is 3.15. The van der Waals surface area contributed by atoms with Gasteiger partial charge in [0, 0.05) is 6.04 Å². The molecule has 19 heavy (non-hydrogen) atoms. The number of carbonyl (C=O) groups is 1. The van der Waals surface area contributed by atoms with E-state index in [2.05, 4.69) is 43.4 Å². The number of nitrogens with one attached hydrogen (secondary N) is 1. The second kappa shape index (κ2) is 8.70. The van der Waals surface area contributed by atoms with Gasteiger partial charge >= 0.3 is 5.97 Å². The Morgan fingerprint density at radius 2 is 1.79 bits per heavy atom. The van der Waals surface area contributed by atoms with Crippen LogP contribution in [0, 0.1) is 0 Å². The molecule has 0 aliphatic rings. The van der Waals surface area contributed by atoms with Gasteiger partial charge in [-0.15, -0.1) is 0 Å². The molecule has 0 bridgehead atoms. The molecule has 0 heterocycles. The zero-order valence-electron chi connectivity index (χ0n) is 12.0. The quantitative estimate of drug-likeness (QED) is 0.720. The number of carboxylic acids is 1. The van der Waals surface area contributed by atoms with Crippen molar-refractivity contribution < 1.29 is 9.90 Å². The summed E-state index contributed by atoms with van der Waals surface area (Å²) in [6, 6.07) is 8.56. The highest BCUT2D eigenvalue weighted by Gasteiger charge is 2.12. The van der Waals surface area contributed by atoms with Crippen LogP contribution in [0.25, 0.3) is 0 Å². The molecule has 0 saturated carbocycles. The normalized spacial score (nSPS) is 12.3. The highest BCUT2D eigenvalue weighted by Crippen LogP contribution is 2.10. The summed E-state index contributed by atoms with van der Waals surface area (Å²) in [5.74, 6) is -0.740. The molecule has 3 heteroatoms. The van der Waals surface area contributed by atoms with Gasteiger partial charge in [-0.25, -0.2) is 0 Å². The van der Waals surface area contributed by atoms with Crippen LogP contribution in [0.1, 0.15) is 44.2 Å². The Labute approximate surface area is 116 Å². The molecule has 1 aromatic rings. The minimum Gasteiger partial charge on any atom is -0.481 e. The van der Waals surface area contributed by atoms with Gasteiger partial charge in [0.15, 0.2) is 0 Å². The Hall–Kier alpha value is -1.35. The molecule has 106 valence electrons. The number of benzene rings is 1. The predicted molar refractivity (Wildman–Crippen MR) is 78.5 cm³/mol. The van der Waals surface area contributed by atoms with Crippen molar-refractivity contribution in [1.29, 1.82) is 0 Å². The van der Waals surface area contributed by atoms with Crippen LogP contribution in [0.15, 0.2) is 24.3 Å². The Morgan fingerprint density at radius 3 is 2.32 bits per heavy atom. The zero-order chi connectivity index (χ0) is 14.1. The molecule has 0 fully saturated rings. The van der Waals surface area contributed by atoms with E-state index < -0.39 is 5.97 Å². The molecule has 0 spiro atoms. The molecule has 1 aromatic carbocycles. The molecule has 1 atom stereocenters. The van der Waals surface area contributed by atoms with Crippen molar-refractivity contribution in [2.24, 2.45) is 0 Å². The number of carboxylic acid groups (broad SMARTS) is 1. The van der Waals surface area contributed by atoms with Crippen LogP contribution in [0.5, 0.6) is 0 Å². The van der Waals surface area contributed by atoms with Crippen LogP contribution >= 0.6 is 0 Å². The lowest BCUT2D eigenvalue weighted by Gasteiger charge is -2.16. The van der Waals surface area contributed by atoms with E-state index in [1.807, 2.05) is 0 Å². The first-order valence-corrected chi connectivity index (χ1v) is 7.18. The maximum Gasteiger partial charge on any atom is 0.304 e. The van der Waals surface area contributed by atoms with Gasteiger partial charge in [0.1, 0.15) is 0 Å². The van der Waals surface area contributed by atoms with E-state index in [9.17, 15) is 4.79 Å². The minimum absolute atomic E-state index is 0.0227. The van der Waals surface area contributed by atoms with Crippen LogP contribution in [0.4, 0.5) is 0 Å². The van der Waals surface area contributed by atoms with E-state index in [1.165, 1.54) is 11.1 Å². The number of aliphatic carboxylic acids is 1. The fourth-order valence-corrected chi connectivity index (χ4v) is 2.19. The summed E-state index contributed by atoms with van der Waals surface area (Å²) in [4.78, 5) is 10.9. The average molecular weight is 263 g/mol. The van der Waals surface area contributed by atoms with Crippen molar-refractivity contribution in [3.63, 3.8) is 0 Å². The maximum absolute atomic E-state index is 10.9. The molecule has 0 saturated heterocycles. The lowest BCUT2D eigenvalue weighted by molar-refractivity contribution is -0.137. The van der Waals surface area contributed by atoms with Crippen molar-refractivity contribution in [3.8, 4) is 0 Å². The fraction of sp³-hybridized carbons (Fsp3) is 0.562. The molecule has 2 N–H and O–H groups in total. The molecule has 0 aliphatic heterocycles. The summed E-state index contributed by atoms with van der Waals surface area (Å²) in [6.07, 6.45) is 4.23. The Kier molecular flexibility index (Phi) is 7.19. The standard InChI is InChI=1S/C16H25NO2/c1-3-5-13-6-8-14(9-7-13)11-15(12-16(18)19)17-10-4-2/h6-9,15,17H,3-5,10-12H2,1-2H3,(H,18,19). The summed E-state index contributed by atoms with van der Waals surface area (Å²) < 4.78 is 0. The Balaban J connectivity index is 2.58. The summed E-state index contributed by atoms with van der Waals surface area (Å²) in [5, 5.41) is 12.2. The van der Waals surface area contributed by atoms with Crippen LogP contribution in [0.2, 0.25) is 0 Å². The first kappa shape index (κ1) is 15.7.